The van der Waals surface area contributed by atoms with Crippen molar-refractivity contribution >= 4 is 17.5 Å². The van der Waals surface area contributed by atoms with Gasteiger partial charge in [0.1, 0.15) is 5.82 Å². The largest absolute Gasteiger partial charge is 0.352 e. The van der Waals surface area contributed by atoms with E-state index in [9.17, 15) is 14.0 Å². The molecule has 0 spiro atoms. The molecule has 4 nitrogen and oxygen atoms in total. The van der Waals surface area contributed by atoms with Crippen LogP contribution < -0.4 is 10.2 Å². The Labute approximate surface area is 146 Å². The van der Waals surface area contributed by atoms with Crippen molar-refractivity contribution in [3.63, 3.8) is 0 Å². The maximum Gasteiger partial charge on any atom is 0.258 e. The van der Waals surface area contributed by atoms with Gasteiger partial charge in [0, 0.05) is 29.9 Å². The van der Waals surface area contributed by atoms with Crippen molar-refractivity contribution in [3.8, 4) is 0 Å². The summed E-state index contributed by atoms with van der Waals surface area (Å²) < 4.78 is 13.1. The van der Waals surface area contributed by atoms with Crippen molar-refractivity contribution in [2.24, 2.45) is 0 Å². The van der Waals surface area contributed by atoms with Crippen LogP contribution >= 0.6 is 0 Å². The molecule has 5 heteroatoms. The first-order chi connectivity index (χ1) is 12.1. The fourth-order valence-corrected chi connectivity index (χ4v) is 3.04. The smallest absolute Gasteiger partial charge is 0.258 e. The Bertz CT molecular complexity index is 787. The molecule has 0 fully saturated rings. The van der Waals surface area contributed by atoms with E-state index in [2.05, 4.69) is 5.32 Å². The van der Waals surface area contributed by atoms with Crippen molar-refractivity contribution in [1.29, 1.82) is 0 Å². The van der Waals surface area contributed by atoms with Gasteiger partial charge in [0.15, 0.2) is 0 Å². The van der Waals surface area contributed by atoms with Gasteiger partial charge < -0.3 is 10.2 Å². The van der Waals surface area contributed by atoms with Crippen LogP contribution in [0.2, 0.25) is 0 Å². The Morgan fingerprint density at radius 2 is 1.84 bits per heavy atom. The van der Waals surface area contributed by atoms with E-state index in [0.717, 1.165) is 30.5 Å². The second kappa shape index (κ2) is 7.47. The molecule has 0 atom stereocenters. The number of amides is 2. The number of aryl methyl sites for hydroxylation is 1. The van der Waals surface area contributed by atoms with Crippen molar-refractivity contribution in [2.45, 2.75) is 26.2 Å². The summed E-state index contributed by atoms with van der Waals surface area (Å²) in [6.07, 6.45) is 2.55. The molecule has 0 saturated heterocycles. The van der Waals surface area contributed by atoms with Crippen molar-refractivity contribution in [2.75, 3.05) is 18.0 Å². The number of halogens is 1. The molecular formula is C20H21FN2O2. The van der Waals surface area contributed by atoms with Crippen LogP contribution in [0.5, 0.6) is 0 Å². The van der Waals surface area contributed by atoms with E-state index in [1.54, 1.807) is 11.0 Å². The minimum atomic E-state index is -0.363. The van der Waals surface area contributed by atoms with E-state index in [4.69, 9.17) is 0 Å². The molecule has 1 N–H and O–H groups in total. The molecule has 3 rings (SSSR count). The Balaban J connectivity index is 1.85. The minimum Gasteiger partial charge on any atom is -0.352 e. The van der Waals surface area contributed by atoms with E-state index in [-0.39, 0.29) is 17.6 Å². The van der Waals surface area contributed by atoms with Gasteiger partial charge in [0.05, 0.1) is 0 Å². The van der Waals surface area contributed by atoms with Crippen LogP contribution in [0.4, 0.5) is 10.1 Å². The molecule has 2 aromatic rings. The monoisotopic (exact) mass is 340 g/mol. The maximum atomic E-state index is 13.1. The average molecular weight is 340 g/mol. The maximum absolute atomic E-state index is 13.1. The minimum absolute atomic E-state index is 0.0911. The molecule has 0 unspecified atom stereocenters. The fraction of sp³-hybridized carbons (Fsp3) is 0.300. The van der Waals surface area contributed by atoms with Gasteiger partial charge in [-0.2, -0.15) is 0 Å². The van der Waals surface area contributed by atoms with Gasteiger partial charge in [-0.1, -0.05) is 6.92 Å². The molecule has 1 aliphatic rings. The molecule has 1 heterocycles. The number of hydrogen-bond acceptors (Lipinski definition) is 2. The van der Waals surface area contributed by atoms with Crippen LogP contribution in [0, 0.1) is 5.82 Å². The first-order valence-electron chi connectivity index (χ1n) is 8.58. The summed E-state index contributed by atoms with van der Waals surface area (Å²) in [6, 6.07) is 11.0. The lowest BCUT2D eigenvalue weighted by Gasteiger charge is -2.30. The van der Waals surface area contributed by atoms with Crippen LogP contribution in [0.25, 0.3) is 0 Å². The molecule has 0 saturated carbocycles. The van der Waals surface area contributed by atoms with E-state index in [1.807, 2.05) is 19.1 Å². The van der Waals surface area contributed by atoms with Gasteiger partial charge >= 0.3 is 0 Å². The molecule has 25 heavy (non-hydrogen) atoms. The van der Waals surface area contributed by atoms with E-state index >= 15 is 0 Å². The van der Waals surface area contributed by atoms with E-state index in [0.29, 0.717) is 24.2 Å². The lowest BCUT2D eigenvalue weighted by atomic mass is 9.98. The van der Waals surface area contributed by atoms with Gasteiger partial charge in [-0.15, -0.1) is 0 Å². The van der Waals surface area contributed by atoms with Gasteiger partial charge in [0.25, 0.3) is 11.8 Å². The predicted octanol–water partition coefficient (Wildman–Crippen LogP) is 3.56. The normalized spacial score (nSPS) is 13.3. The molecular weight excluding hydrogens is 319 g/mol. The third kappa shape index (κ3) is 3.71. The highest BCUT2D eigenvalue weighted by Crippen LogP contribution is 2.29. The lowest BCUT2D eigenvalue weighted by molar-refractivity contribution is 0.0952. The fourth-order valence-electron chi connectivity index (χ4n) is 3.04. The predicted molar refractivity (Wildman–Crippen MR) is 95.5 cm³/mol. The zero-order valence-electron chi connectivity index (χ0n) is 14.2. The molecule has 2 aromatic carbocycles. The van der Waals surface area contributed by atoms with Gasteiger partial charge in [-0.05, 0) is 67.3 Å². The molecule has 0 aliphatic carbocycles. The number of carbonyl (C=O) groups excluding carboxylic acids is 2. The molecule has 0 radical (unpaired) electrons. The standard InChI is InChI=1S/C20H21FN2O2/c1-2-11-22-19(24)16-7-10-18-15(13-16)4-3-12-23(18)20(25)14-5-8-17(21)9-6-14/h5-10,13H,2-4,11-12H2,1H3,(H,22,24). The number of carbonyl (C=O) groups is 2. The number of nitrogens with zero attached hydrogens (tertiary/aromatic N) is 1. The van der Waals surface area contributed by atoms with Crippen LogP contribution in [-0.4, -0.2) is 24.9 Å². The summed E-state index contributed by atoms with van der Waals surface area (Å²) in [4.78, 5) is 26.6. The Morgan fingerprint density at radius 1 is 1.12 bits per heavy atom. The van der Waals surface area contributed by atoms with Crippen LogP contribution in [0.1, 0.15) is 46.0 Å². The van der Waals surface area contributed by atoms with Crippen LogP contribution in [0.3, 0.4) is 0 Å². The summed E-state index contributed by atoms with van der Waals surface area (Å²) in [7, 11) is 0. The van der Waals surface area contributed by atoms with Gasteiger partial charge in [-0.25, -0.2) is 4.39 Å². The van der Waals surface area contributed by atoms with Crippen LogP contribution in [-0.2, 0) is 6.42 Å². The molecule has 2 amide bonds. The second-order valence-corrected chi connectivity index (χ2v) is 6.17. The highest BCUT2D eigenvalue weighted by atomic mass is 19.1. The summed E-state index contributed by atoms with van der Waals surface area (Å²) in [5.41, 5.74) is 2.89. The molecule has 0 bridgehead atoms. The molecule has 1 aliphatic heterocycles. The third-order valence-corrected chi connectivity index (χ3v) is 4.33. The molecule has 0 aromatic heterocycles. The number of fused-ring (bicyclic) bond motifs is 1. The topological polar surface area (TPSA) is 49.4 Å². The van der Waals surface area contributed by atoms with Crippen molar-refractivity contribution in [3.05, 3.63) is 65.0 Å². The second-order valence-electron chi connectivity index (χ2n) is 6.17. The van der Waals surface area contributed by atoms with Crippen molar-refractivity contribution in [1.82, 2.24) is 5.32 Å². The number of rotatable bonds is 4. The molecule has 130 valence electrons. The van der Waals surface area contributed by atoms with Crippen molar-refractivity contribution < 1.29 is 14.0 Å². The van der Waals surface area contributed by atoms with Gasteiger partial charge in [-0.3, -0.25) is 9.59 Å². The first-order valence-corrected chi connectivity index (χ1v) is 8.58. The Hall–Kier alpha value is -2.69. The number of hydrogen-bond donors (Lipinski definition) is 1. The van der Waals surface area contributed by atoms with E-state index < -0.39 is 0 Å². The highest BCUT2D eigenvalue weighted by Gasteiger charge is 2.24. The SMILES string of the molecule is CCCNC(=O)c1ccc2c(c1)CCCN2C(=O)c1ccc(F)cc1. The van der Waals surface area contributed by atoms with E-state index in [1.165, 1.54) is 24.3 Å². The summed E-state index contributed by atoms with van der Waals surface area (Å²) in [5.74, 6) is -0.603. The first kappa shape index (κ1) is 17.1. The van der Waals surface area contributed by atoms with Crippen LogP contribution in [0.15, 0.2) is 42.5 Å². The zero-order valence-corrected chi connectivity index (χ0v) is 14.2. The Morgan fingerprint density at radius 3 is 2.56 bits per heavy atom. The number of benzene rings is 2. The Kier molecular flexibility index (Phi) is 5.12. The zero-order chi connectivity index (χ0) is 17.8. The number of anilines is 1. The highest BCUT2D eigenvalue weighted by molar-refractivity contribution is 6.07. The quantitative estimate of drug-likeness (QED) is 0.925. The number of nitrogens with one attached hydrogen (secondary N) is 1. The summed E-state index contributed by atoms with van der Waals surface area (Å²) in [6.45, 7) is 3.27. The summed E-state index contributed by atoms with van der Waals surface area (Å²) >= 11 is 0. The average Bonchev–Trinajstić information content (AvgIpc) is 2.65. The lowest BCUT2D eigenvalue weighted by Crippen LogP contribution is -2.35. The third-order valence-electron chi connectivity index (χ3n) is 4.33. The van der Waals surface area contributed by atoms with Gasteiger partial charge in [0.2, 0.25) is 0 Å². The summed E-state index contributed by atoms with van der Waals surface area (Å²) in [5, 5.41) is 2.87.